The highest BCUT2D eigenvalue weighted by Crippen LogP contribution is 2.31. The molecule has 0 radical (unpaired) electrons. The third-order valence-electron chi connectivity index (χ3n) is 2.85. The second-order valence-electron chi connectivity index (χ2n) is 4.56. The van der Waals surface area contributed by atoms with E-state index in [-0.39, 0.29) is 0 Å². The fourth-order valence-corrected chi connectivity index (χ4v) is 2.67. The standard InChI is InChI=1S/C16H16F3NS/c17-16(18,19)12-21-15-9-5-4-8-14(15)20-11-10-13-6-2-1-3-7-13/h1-9,20H,10-12H2. The molecule has 0 aliphatic rings. The molecule has 0 saturated carbocycles. The SMILES string of the molecule is FC(F)(F)CSc1ccccc1NCCc1ccccc1. The summed E-state index contributed by atoms with van der Waals surface area (Å²) in [6.07, 6.45) is -3.32. The predicted molar refractivity (Wildman–Crippen MR) is 81.9 cm³/mol. The molecule has 0 unspecified atom stereocenters. The van der Waals surface area contributed by atoms with Crippen LogP contribution < -0.4 is 5.32 Å². The van der Waals surface area contributed by atoms with Crippen LogP contribution in [0.4, 0.5) is 18.9 Å². The van der Waals surface area contributed by atoms with Gasteiger partial charge in [0.05, 0.1) is 5.75 Å². The fraction of sp³-hybridized carbons (Fsp3) is 0.250. The van der Waals surface area contributed by atoms with Crippen LogP contribution in [-0.2, 0) is 6.42 Å². The first-order valence-corrected chi connectivity index (χ1v) is 7.59. The van der Waals surface area contributed by atoms with Crippen LogP contribution in [0.25, 0.3) is 0 Å². The van der Waals surface area contributed by atoms with Gasteiger partial charge in [0.1, 0.15) is 0 Å². The molecule has 0 atom stereocenters. The van der Waals surface area contributed by atoms with E-state index in [4.69, 9.17) is 0 Å². The lowest BCUT2D eigenvalue weighted by atomic mass is 10.1. The first-order valence-electron chi connectivity index (χ1n) is 6.61. The van der Waals surface area contributed by atoms with E-state index in [2.05, 4.69) is 5.32 Å². The smallest absolute Gasteiger partial charge is 0.384 e. The van der Waals surface area contributed by atoms with Crippen molar-refractivity contribution in [1.82, 2.24) is 0 Å². The number of para-hydroxylation sites is 1. The average Bonchev–Trinajstić information content (AvgIpc) is 2.46. The number of halogens is 3. The minimum atomic E-state index is -4.15. The Morgan fingerprint density at radius 2 is 1.57 bits per heavy atom. The van der Waals surface area contributed by atoms with Crippen LogP contribution in [0.5, 0.6) is 0 Å². The van der Waals surface area contributed by atoms with Crippen molar-refractivity contribution in [2.75, 3.05) is 17.6 Å². The molecule has 2 aromatic rings. The van der Waals surface area contributed by atoms with Crippen LogP contribution in [-0.4, -0.2) is 18.5 Å². The molecule has 0 fully saturated rings. The second-order valence-corrected chi connectivity index (χ2v) is 5.58. The molecule has 0 heterocycles. The van der Waals surface area contributed by atoms with Gasteiger partial charge < -0.3 is 5.32 Å². The molecule has 112 valence electrons. The fourth-order valence-electron chi connectivity index (χ4n) is 1.88. The highest BCUT2D eigenvalue weighted by molar-refractivity contribution is 7.99. The lowest BCUT2D eigenvalue weighted by Crippen LogP contribution is -2.11. The van der Waals surface area contributed by atoms with Crippen LogP contribution >= 0.6 is 11.8 Å². The van der Waals surface area contributed by atoms with E-state index in [9.17, 15) is 13.2 Å². The van der Waals surface area contributed by atoms with E-state index in [0.29, 0.717) is 11.4 Å². The van der Waals surface area contributed by atoms with Gasteiger partial charge in [-0.25, -0.2) is 0 Å². The molecule has 1 nitrogen and oxygen atoms in total. The first kappa shape index (κ1) is 15.8. The summed E-state index contributed by atoms with van der Waals surface area (Å²) in [7, 11) is 0. The molecule has 0 spiro atoms. The van der Waals surface area contributed by atoms with Gasteiger partial charge in [-0.1, -0.05) is 42.5 Å². The van der Waals surface area contributed by atoms with Crippen molar-refractivity contribution in [2.45, 2.75) is 17.5 Å². The Kier molecular flexibility index (Phi) is 5.56. The summed E-state index contributed by atoms with van der Waals surface area (Å²) in [6.45, 7) is 0.688. The average molecular weight is 311 g/mol. The van der Waals surface area contributed by atoms with Crippen LogP contribution in [0.2, 0.25) is 0 Å². The van der Waals surface area contributed by atoms with E-state index >= 15 is 0 Å². The minimum Gasteiger partial charge on any atom is -0.384 e. The number of nitrogens with one attached hydrogen (secondary N) is 1. The van der Waals surface area contributed by atoms with Crippen molar-refractivity contribution in [3.8, 4) is 0 Å². The van der Waals surface area contributed by atoms with Gasteiger partial charge in [0.15, 0.2) is 0 Å². The predicted octanol–water partition coefficient (Wildman–Crippen LogP) is 5.00. The van der Waals surface area contributed by atoms with E-state index < -0.39 is 11.9 Å². The molecule has 0 amide bonds. The number of rotatable bonds is 6. The van der Waals surface area contributed by atoms with Gasteiger partial charge in [0, 0.05) is 17.1 Å². The highest BCUT2D eigenvalue weighted by atomic mass is 32.2. The number of thioether (sulfide) groups is 1. The van der Waals surface area contributed by atoms with E-state index in [1.54, 1.807) is 12.1 Å². The molecule has 0 bridgehead atoms. The maximum Gasteiger partial charge on any atom is 0.398 e. The van der Waals surface area contributed by atoms with Gasteiger partial charge in [0.2, 0.25) is 0 Å². The minimum absolute atomic E-state index is 0.628. The quantitative estimate of drug-likeness (QED) is 0.754. The van der Waals surface area contributed by atoms with Crippen molar-refractivity contribution in [3.63, 3.8) is 0 Å². The van der Waals surface area contributed by atoms with Gasteiger partial charge in [-0.05, 0) is 24.1 Å². The van der Waals surface area contributed by atoms with E-state index in [1.165, 1.54) is 5.56 Å². The summed E-state index contributed by atoms with van der Waals surface area (Å²) in [5.41, 5.74) is 1.95. The van der Waals surface area contributed by atoms with Crippen molar-refractivity contribution >= 4 is 17.4 Å². The van der Waals surface area contributed by atoms with Crippen molar-refractivity contribution in [2.24, 2.45) is 0 Å². The summed E-state index contributed by atoms with van der Waals surface area (Å²) in [4.78, 5) is 0.628. The van der Waals surface area contributed by atoms with Crippen molar-refractivity contribution in [1.29, 1.82) is 0 Å². The van der Waals surface area contributed by atoms with Crippen molar-refractivity contribution in [3.05, 3.63) is 60.2 Å². The second kappa shape index (κ2) is 7.41. The molecule has 0 saturated heterocycles. The molecule has 0 aromatic heterocycles. The zero-order valence-corrected chi connectivity index (χ0v) is 12.2. The van der Waals surface area contributed by atoms with Gasteiger partial charge in [-0.15, -0.1) is 11.8 Å². The molecule has 2 aromatic carbocycles. The molecule has 1 N–H and O–H groups in total. The van der Waals surface area contributed by atoms with Gasteiger partial charge in [0.25, 0.3) is 0 Å². The summed E-state index contributed by atoms with van der Waals surface area (Å²) in [5, 5.41) is 3.21. The third-order valence-corrected chi connectivity index (χ3v) is 3.99. The molecule has 5 heteroatoms. The van der Waals surface area contributed by atoms with Crippen LogP contribution in [0, 0.1) is 0 Å². The lowest BCUT2D eigenvalue weighted by molar-refractivity contribution is -0.105. The Hall–Kier alpha value is -1.62. The highest BCUT2D eigenvalue weighted by Gasteiger charge is 2.27. The van der Waals surface area contributed by atoms with Crippen molar-refractivity contribution < 1.29 is 13.2 Å². The Bertz CT molecular complexity index is 555. The van der Waals surface area contributed by atoms with Gasteiger partial charge in [-0.3, -0.25) is 0 Å². The summed E-state index contributed by atoms with van der Waals surface area (Å²) < 4.78 is 36.9. The zero-order valence-electron chi connectivity index (χ0n) is 11.4. The number of hydrogen-bond donors (Lipinski definition) is 1. The molecular formula is C16H16F3NS. The first-order chi connectivity index (χ1) is 10.0. The third kappa shape index (κ3) is 5.71. The Balaban J connectivity index is 1.90. The maximum atomic E-state index is 12.3. The van der Waals surface area contributed by atoms with E-state index in [1.807, 2.05) is 42.5 Å². The number of hydrogen-bond acceptors (Lipinski definition) is 2. The Morgan fingerprint density at radius 3 is 2.29 bits per heavy atom. The maximum absolute atomic E-state index is 12.3. The molecule has 0 aliphatic heterocycles. The Morgan fingerprint density at radius 1 is 0.905 bits per heavy atom. The summed E-state index contributed by atoms with van der Waals surface area (Å²) in [5.74, 6) is -0.871. The number of alkyl halides is 3. The van der Waals surface area contributed by atoms with E-state index in [0.717, 1.165) is 23.9 Å². The van der Waals surface area contributed by atoms with Crippen LogP contribution in [0.15, 0.2) is 59.5 Å². The Labute approximate surface area is 126 Å². The molecule has 2 rings (SSSR count). The summed E-state index contributed by atoms with van der Waals surface area (Å²) in [6, 6.07) is 17.1. The number of anilines is 1. The molecule has 0 aliphatic carbocycles. The topological polar surface area (TPSA) is 12.0 Å². The van der Waals surface area contributed by atoms with Crippen LogP contribution in [0.3, 0.4) is 0 Å². The summed E-state index contributed by atoms with van der Waals surface area (Å²) >= 11 is 0.813. The zero-order chi connectivity index (χ0) is 15.1. The van der Waals surface area contributed by atoms with Gasteiger partial charge in [-0.2, -0.15) is 13.2 Å². The van der Waals surface area contributed by atoms with Crippen LogP contribution in [0.1, 0.15) is 5.56 Å². The lowest BCUT2D eigenvalue weighted by Gasteiger charge is -2.12. The molecular weight excluding hydrogens is 295 g/mol. The monoisotopic (exact) mass is 311 g/mol. The van der Waals surface area contributed by atoms with Gasteiger partial charge >= 0.3 is 6.18 Å². The number of benzene rings is 2. The normalized spacial score (nSPS) is 11.4. The molecule has 21 heavy (non-hydrogen) atoms. The largest absolute Gasteiger partial charge is 0.398 e.